The highest BCUT2D eigenvalue weighted by Crippen LogP contribution is 2.49. The number of carbonyl (C=O) groups excluding carboxylic acids is 1. The lowest BCUT2D eigenvalue weighted by molar-refractivity contribution is -0.149. The molecule has 3 aromatic rings. The maximum Gasteiger partial charge on any atom is 0.459 e. The number of anilines is 1. The second-order valence-corrected chi connectivity index (χ2v) is 10.3. The molecule has 0 radical (unpaired) electrons. The summed E-state index contributed by atoms with van der Waals surface area (Å²) in [5, 5.41) is 2.70. The highest BCUT2D eigenvalue weighted by Gasteiger charge is 2.39. The zero-order chi connectivity index (χ0) is 25.2. The second kappa shape index (κ2) is 10.2. The Morgan fingerprint density at radius 3 is 2.69 bits per heavy atom. The molecule has 2 heterocycles. The van der Waals surface area contributed by atoms with Crippen molar-refractivity contribution in [3.63, 3.8) is 0 Å². The number of para-hydroxylation sites is 1. The number of aromatic nitrogens is 4. The molecule has 3 unspecified atom stereocenters. The van der Waals surface area contributed by atoms with E-state index in [1.54, 1.807) is 51.4 Å². The van der Waals surface area contributed by atoms with Crippen molar-refractivity contribution in [1.82, 2.24) is 24.6 Å². The zero-order valence-corrected chi connectivity index (χ0v) is 20.7. The Hall–Kier alpha value is -3.27. The molecule has 4 atom stereocenters. The molecule has 2 aromatic heterocycles. The van der Waals surface area contributed by atoms with E-state index in [1.165, 1.54) is 6.33 Å². The Morgan fingerprint density at radius 1 is 1.26 bits per heavy atom. The van der Waals surface area contributed by atoms with Crippen LogP contribution in [-0.2, 0) is 18.6 Å². The quantitative estimate of drug-likeness (QED) is 0.240. The number of nitrogens with zero attached hydrogens (tertiary/aromatic N) is 4. The first-order valence-electron chi connectivity index (χ1n) is 11.3. The second-order valence-electron chi connectivity index (χ2n) is 8.64. The molecule has 0 saturated heterocycles. The molecule has 35 heavy (non-hydrogen) atoms. The topological polar surface area (TPSA) is 143 Å². The van der Waals surface area contributed by atoms with Crippen LogP contribution in [0.15, 0.2) is 55.1 Å². The van der Waals surface area contributed by atoms with E-state index in [0.717, 1.165) is 5.57 Å². The number of nitrogen functional groups attached to an aromatic ring is 1. The van der Waals surface area contributed by atoms with Crippen molar-refractivity contribution >= 4 is 30.7 Å². The smallest absolute Gasteiger partial charge is 0.459 e. The fraction of sp³-hybridized carbons (Fsp3) is 0.391. The van der Waals surface area contributed by atoms with Crippen molar-refractivity contribution in [3.8, 4) is 5.75 Å². The molecular formula is C23H29N6O5P. The third kappa shape index (κ3) is 5.53. The normalized spacial score (nSPS) is 20.3. The van der Waals surface area contributed by atoms with Crippen LogP contribution >= 0.6 is 7.75 Å². The molecule has 11 nitrogen and oxygen atoms in total. The number of nitrogens with one attached hydrogen (secondary N) is 1. The Morgan fingerprint density at radius 2 is 2.00 bits per heavy atom. The SMILES string of the molecule is C=C1C(COP(=O)(N[C@@H](C)C(=O)OC(C)C)Oc2ccccc2)CC1n1cnc2c(N)ncnc21. The van der Waals surface area contributed by atoms with Gasteiger partial charge in [-0.3, -0.25) is 9.32 Å². The summed E-state index contributed by atoms with van der Waals surface area (Å²) in [5.41, 5.74) is 7.92. The van der Waals surface area contributed by atoms with Crippen LogP contribution < -0.4 is 15.3 Å². The fourth-order valence-electron chi connectivity index (χ4n) is 3.77. The van der Waals surface area contributed by atoms with E-state index in [1.807, 2.05) is 10.6 Å². The summed E-state index contributed by atoms with van der Waals surface area (Å²) in [5.74, 6) is 0.0277. The van der Waals surface area contributed by atoms with Crippen molar-refractivity contribution in [2.24, 2.45) is 5.92 Å². The molecular weight excluding hydrogens is 471 g/mol. The number of rotatable bonds is 10. The highest BCUT2D eigenvalue weighted by molar-refractivity contribution is 7.52. The van der Waals surface area contributed by atoms with Crippen molar-refractivity contribution in [2.75, 3.05) is 12.3 Å². The third-order valence-electron chi connectivity index (χ3n) is 5.65. The fourth-order valence-corrected chi connectivity index (χ4v) is 5.31. The number of hydrogen-bond donors (Lipinski definition) is 2. The van der Waals surface area contributed by atoms with Crippen LogP contribution in [0, 0.1) is 5.92 Å². The number of fused-ring (bicyclic) bond motifs is 1. The summed E-state index contributed by atoms with van der Waals surface area (Å²) in [4.78, 5) is 24.8. The maximum atomic E-state index is 13.6. The van der Waals surface area contributed by atoms with E-state index in [4.69, 9.17) is 19.5 Å². The summed E-state index contributed by atoms with van der Waals surface area (Å²) < 4.78 is 32.2. The van der Waals surface area contributed by atoms with Crippen LogP contribution in [-0.4, -0.2) is 44.2 Å². The molecule has 0 aliphatic heterocycles. The van der Waals surface area contributed by atoms with Gasteiger partial charge in [-0.2, -0.15) is 5.09 Å². The number of ether oxygens (including phenoxy) is 1. The predicted molar refractivity (Wildman–Crippen MR) is 130 cm³/mol. The van der Waals surface area contributed by atoms with Crippen molar-refractivity contribution in [1.29, 1.82) is 0 Å². The van der Waals surface area contributed by atoms with E-state index < -0.39 is 19.8 Å². The molecule has 0 bridgehead atoms. The van der Waals surface area contributed by atoms with Gasteiger partial charge in [-0.15, -0.1) is 0 Å². The average Bonchev–Trinajstić information content (AvgIpc) is 3.23. The van der Waals surface area contributed by atoms with Gasteiger partial charge in [-0.25, -0.2) is 19.5 Å². The summed E-state index contributed by atoms with van der Waals surface area (Å²) in [6.07, 6.45) is 3.42. The van der Waals surface area contributed by atoms with Gasteiger partial charge in [-0.1, -0.05) is 24.8 Å². The summed E-state index contributed by atoms with van der Waals surface area (Å²) in [6.45, 7) is 9.30. The molecule has 0 amide bonds. The van der Waals surface area contributed by atoms with Gasteiger partial charge in [0, 0.05) is 5.92 Å². The minimum absolute atomic E-state index is 0.0507. The molecule has 3 N–H and O–H groups in total. The van der Waals surface area contributed by atoms with Crippen molar-refractivity contribution in [3.05, 3.63) is 55.1 Å². The number of imidazole rings is 1. The minimum Gasteiger partial charge on any atom is -0.462 e. The van der Waals surface area contributed by atoms with Crippen molar-refractivity contribution in [2.45, 2.75) is 45.4 Å². The van der Waals surface area contributed by atoms with Gasteiger partial charge < -0.3 is 19.6 Å². The van der Waals surface area contributed by atoms with E-state index >= 15 is 0 Å². The van der Waals surface area contributed by atoms with Gasteiger partial charge in [0.2, 0.25) is 0 Å². The van der Waals surface area contributed by atoms with Gasteiger partial charge in [0.1, 0.15) is 23.6 Å². The first kappa shape index (κ1) is 24.8. The van der Waals surface area contributed by atoms with Crippen LogP contribution in [0.4, 0.5) is 5.82 Å². The van der Waals surface area contributed by atoms with Gasteiger partial charge in [-0.05, 0) is 44.9 Å². The van der Waals surface area contributed by atoms with Gasteiger partial charge in [0.15, 0.2) is 11.5 Å². The Kier molecular flexibility index (Phi) is 7.20. The summed E-state index contributed by atoms with van der Waals surface area (Å²) in [7, 11) is -3.93. The molecule has 1 saturated carbocycles. The van der Waals surface area contributed by atoms with Crippen LogP contribution in [0.1, 0.15) is 33.2 Å². The number of esters is 1. The first-order chi connectivity index (χ1) is 16.7. The first-order valence-corrected chi connectivity index (χ1v) is 12.8. The predicted octanol–water partition coefficient (Wildman–Crippen LogP) is 3.66. The molecule has 1 aromatic carbocycles. The lowest BCUT2D eigenvalue weighted by Crippen LogP contribution is -2.37. The van der Waals surface area contributed by atoms with Gasteiger partial charge in [0.25, 0.3) is 0 Å². The number of nitrogens with two attached hydrogens (primary N) is 1. The maximum absolute atomic E-state index is 13.6. The number of hydrogen-bond acceptors (Lipinski definition) is 9. The molecule has 1 aliphatic rings. The van der Waals surface area contributed by atoms with Crippen molar-refractivity contribution < 1.29 is 23.1 Å². The van der Waals surface area contributed by atoms with E-state index in [-0.39, 0.29) is 24.7 Å². The molecule has 0 spiro atoms. The van der Waals surface area contributed by atoms with Crippen LogP contribution in [0.2, 0.25) is 0 Å². The summed E-state index contributed by atoms with van der Waals surface area (Å²) >= 11 is 0. The number of benzene rings is 1. The van der Waals surface area contributed by atoms with Gasteiger partial charge >= 0.3 is 13.7 Å². The zero-order valence-electron chi connectivity index (χ0n) is 19.8. The standard InChI is InChI=1S/C23H29N6O5P/c1-14(2)33-23(30)16(4)28-35(31,34-18-8-6-5-7-9-18)32-11-17-10-19(15(17)3)29-13-27-20-21(24)25-12-26-22(20)29/h5-9,12-14,16-17,19H,3,10-11H2,1-2,4H3,(H,28,31)(H2,24,25,26)/t16-,17?,19?,35?/m0/s1. The molecule has 4 rings (SSSR count). The lowest BCUT2D eigenvalue weighted by atomic mass is 9.76. The monoisotopic (exact) mass is 500 g/mol. The van der Waals surface area contributed by atoms with Crippen LogP contribution in [0.3, 0.4) is 0 Å². The van der Waals surface area contributed by atoms with E-state index in [0.29, 0.717) is 29.2 Å². The number of carbonyl (C=O) groups is 1. The Bertz CT molecular complexity index is 1260. The molecule has 1 aliphatic carbocycles. The Labute approximate surface area is 203 Å². The minimum atomic E-state index is -3.93. The molecule has 12 heteroatoms. The summed E-state index contributed by atoms with van der Waals surface area (Å²) in [6, 6.07) is 7.67. The van der Waals surface area contributed by atoms with Crippen LogP contribution in [0.5, 0.6) is 5.75 Å². The largest absolute Gasteiger partial charge is 0.462 e. The van der Waals surface area contributed by atoms with Gasteiger partial charge in [0.05, 0.1) is 25.1 Å². The van der Waals surface area contributed by atoms with E-state index in [9.17, 15) is 9.36 Å². The molecule has 1 fully saturated rings. The van der Waals surface area contributed by atoms with Crippen LogP contribution in [0.25, 0.3) is 11.2 Å². The third-order valence-corrected chi connectivity index (χ3v) is 7.30. The average molecular weight is 500 g/mol. The lowest BCUT2D eigenvalue weighted by Gasteiger charge is -2.39. The Balaban J connectivity index is 1.44. The highest BCUT2D eigenvalue weighted by atomic mass is 31.2. The van der Waals surface area contributed by atoms with E-state index in [2.05, 4.69) is 26.6 Å². The molecule has 186 valence electrons.